The Bertz CT molecular complexity index is 425. The number of fused-ring (bicyclic) bond motifs is 1. The third kappa shape index (κ3) is 2.65. The zero-order chi connectivity index (χ0) is 12.4. The molecular weight excluding hydrogens is 248 g/mol. The summed E-state index contributed by atoms with van der Waals surface area (Å²) in [6.45, 7) is 1.40. The fourth-order valence-corrected chi connectivity index (χ4v) is 3.16. The molecule has 1 aromatic carbocycles. The summed E-state index contributed by atoms with van der Waals surface area (Å²) in [5.41, 5.74) is 2.34. The van der Waals surface area contributed by atoms with Gasteiger partial charge in [0.25, 0.3) is 0 Å². The SMILES string of the molecule is Clc1cc2c(c(COC3CCCCC3)c1)OCC2. The second kappa shape index (κ2) is 5.50. The molecule has 0 atom stereocenters. The van der Waals surface area contributed by atoms with Gasteiger partial charge in [-0.05, 0) is 30.5 Å². The Kier molecular flexibility index (Phi) is 3.76. The lowest BCUT2D eigenvalue weighted by molar-refractivity contribution is 0.0160. The summed E-state index contributed by atoms with van der Waals surface area (Å²) in [6.07, 6.45) is 7.74. The van der Waals surface area contributed by atoms with Crippen LogP contribution in [0.15, 0.2) is 12.1 Å². The minimum atomic E-state index is 0.426. The molecule has 0 radical (unpaired) electrons. The van der Waals surface area contributed by atoms with Crippen molar-refractivity contribution in [3.05, 3.63) is 28.3 Å². The van der Waals surface area contributed by atoms with Crippen LogP contribution in [0.2, 0.25) is 5.02 Å². The van der Waals surface area contributed by atoms with Crippen LogP contribution in [-0.2, 0) is 17.8 Å². The van der Waals surface area contributed by atoms with Crippen molar-refractivity contribution in [1.29, 1.82) is 0 Å². The standard InChI is InChI=1S/C15H19ClO2/c16-13-8-11-6-7-17-15(11)12(9-13)10-18-14-4-2-1-3-5-14/h8-9,14H,1-7,10H2. The first-order chi connectivity index (χ1) is 8.83. The fourth-order valence-electron chi connectivity index (χ4n) is 2.89. The number of hydrogen-bond acceptors (Lipinski definition) is 2. The number of rotatable bonds is 3. The molecule has 1 aromatic rings. The molecule has 1 aliphatic carbocycles. The Hall–Kier alpha value is -0.730. The third-order valence-corrected chi connectivity index (χ3v) is 4.07. The van der Waals surface area contributed by atoms with Crippen LogP contribution < -0.4 is 4.74 Å². The summed E-state index contributed by atoms with van der Waals surface area (Å²) in [5.74, 6) is 1.01. The van der Waals surface area contributed by atoms with E-state index in [1.54, 1.807) is 0 Å². The lowest BCUT2D eigenvalue weighted by atomic mass is 9.98. The van der Waals surface area contributed by atoms with Gasteiger partial charge in [-0.25, -0.2) is 0 Å². The molecule has 1 aliphatic heterocycles. The minimum absolute atomic E-state index is 0.426. The van der Waals surface area contributed by atoms with E-state index >= 15 is 0 Å². The maximum absolute atomic E-state index is 6.14. The van der Waals surface area contributed by atoms with Gasteiger partial charge in [-0.1, -0.05) is 30.9 Å². The van der Waals surface area contributed by atoms with Gasteiger partial charge in [0, 0.05) is 17.0 Å². The van der Waals surface area contributed by atoms with Crippen molar-refractivity contribution in [2.24, 2.45) is 0 Å². The van der Waals surface area contributed by atoms with E-state index in [-0.39, 0.29) is 0 Å². The van der Waals surface area contributed by atoms with Crippen molar-refractivity contribution in [3.63, 3.8) is 0 Å². The van der Waals surface area contributed by atoms with Crippen LogP contribution in [0.4, 0.5) is 0 Å². The van der Waals surface area contributed by atoms with Gasteiger partial charge in [-0.15, -0.1) is 0 Å². The lowest BCUT2D eigenvalue weighted by Gasteiger charge is -2.22. The molecule has 1 saturated carbocycles. The molecule has 18 heavy (non-hydrogen) atoms. The first kappa shape index (κ1) is 12.3. The average Bonchev–Trinajstić information content (AvgIpc) is 2.85. The third-order valence-electron chi connectivity index (χ3n) is 3.85. The van der Waals surface area contributed by atoms with Gasteiger partial charge >= 0.3 is 0 Å². The van der Waals surface area contributed by atoms with Crippen LogP contribution in [0, 0.1) is 0 Å². The summed E-state index contributed by atoms with van der Waals surface area (Å²) >= 11 is 6.14. The Labute approximate surface area is 113 Å². The van der Waals surface area contributed by atoms with E-state index in [0.29, 0.717) is 12.7 Å². The van der Waals surface area contributed by atoms with Crippen LogP contribution in [0.1, 0.15) is 43.2 Å². The van der Waals surface area contributed by atoms with E-state index in [2.05, 4.69) is 0 Å². The van der Waals surface area contributed by atoms with E-state index in [4.69, 9.17) is 21.1 Å². The second-order valence-electron chi connectivity index (χ2n) is 5.22. The second-order valence-corrected chi connectivity index (χ2v) is 5.66. The molecule has 0 bridgehead atoms. The molecule has 0 spiro atoms. The minimum Gasteiger partial charge on any atom is -0.493 e. The van der Waals surface area contributed by atoms with Gasteiger partial charge in [-0.2, -0.15) is 0 Å². The Morgan fingerprint density at radius 1 is 1.22 bits per heavy atom. The zero-order valence-electron chi connectivity index (χ0n) is 10.6. The Balaban J connectivity index is 1.68. The van der Waals surface area contributed by atoms with Crippen molar-refractivity contribution in [3.8, 4) is 5.75 Å². The highest BCUT2D eigenvalue weighted by molar-refractivity contribution is 6.30. The van der Waals surface area contributed by atoms with E-state index in [0.717, 1.165) is 29.4 Å². The fraction of sp³-hybridized carbons (Fsp3) is 0.600. The molecule has 0 N–H and O–H groups in total. The number of hydrogen-bond donors (Lipinski definition) is 0. The number of benzene rings is 1. The van der Waals surface area contributed by atoms with Gasteiger partial charge in [0.15, 0.2) is 0 Å². The van der Waals surface area contributed by atoms with Crippen molar-refractivity contribution >= 4 is 11.6 Å². The molecule has 2 aliphatic rings. The van der Waals surface area contributed by atoms with Crippen LogP contribution in [0.3, 0.4) is 0 Å². The molecule has 3 heteroatoms. The van der Waals surface area contributed by atoms with Gasteiger partial charge in [0.2, 0.25) is 0 Å². The summed E-state index contributed by atoms with van der Waals surface area (Å²) in [5, 5.41) is 0.793. The van der Waals surface area contributed by atoms with Crippen LogP contribution in [-0.4, -0.2) is 12.7 Å². The summed E-state index contributed by atoms with van der Waals surface area (Å²) in [4.78, 5) is 0. The molecular formula is C15H19ClO2. The van der Waals surface area contributed by atoms with Crippen LogP contribution >= 0.6 is 11.6 Å². The monoisotopic (exact) mass is 266 g/mol. The topological polar surface area (TPSA) is 18.5 Å². The van der Waals surface area contributed by atoms with E-state index in [9.17, 15) is 0 Å². The summed E-state index contributed by atoms with van der Waals surface area (Å²) in [6, 6.07) is 3.99. The Morgan fingerprint density at radius 3 is 2.89 bits per heavy atom. The molecule has 0 saturated heterocycles. The highest BCUT2D eigenvalue weighted by Gasteiger charge is 2.19. The maximum atomic E-state index is 6.14. The van der Waals surface area contributed by atoms with Crippen LogP contribution in [0.25, 0.3) is 0 Å². The molecule has 1 heterocycles. The molecule has 0 aromatic heterocycles. The largest absolute Gasteiger partial charge is 0.493 e. The molecule has 0 amide bonds. The highest BCUT2D eigenvalue weighted by atomic mass is 35.5. The lowest BCUT2D eigenvalue weighted by Crippen LogP contribution is -2.16. The predicted molar refractivity (Wildman–Crippen MR) is 72.3 cm³/mol. The quantitative estimate of drug-likeness (QED) is 0.819. The van der Waals surface area contributed by atoms with Crippen LogP contribution in [0.5, 0.6) is 5.75 Å². The normalized spacial score (nSPS) is 19.6. The molecule has 3 rings (SSSR count). The van der Waals surface area contributed by atoms with E-state index in [1.807, 2.05) is 12.1 Å². The van der Waals surface area contributed by atoms with Crippen molar-refractivity contribution < 1.29 is 9.47 Å². The van der Waals surface area contributed by atoms with Crippen molar-refractivity contribution in [1.82, 2.24) is 0 Å². The number of ether oxygens (including phenoxy) is 2. The first-order valence-electron chi connectivity index (χ1n) is 6.88. The van der Waals surface area contributed by atoms with Crippen molar-refractivity contribution in [2.45, 2.75) is 51.2 Å². The maximum Gasteiger partial charge on any atom is 0.128 e. The van der Waals surface area contributed by atoms with E-state index < -0.39 is 0 Å². The molecule has 0 unspecified atom stereocenters. The van der Waals surface area contributed by atoms with Gasteiger partial charge in [0.1, 0.15) is 5.75 Å². The molecule has 98 valence electrons. The van der Waals surface area contributed by atoms with Gasteiger partial charge in [-0.3, -0.25) is 0 Å². The number of halogens is 1. The van der Waals surface area contributed by atoms with E-state index in [1.165, 1.54) is 37.7 Å². The zero-order valence-corrected chi connectivity index (χ0v) is 11.3. The summed E-state index contributed by atoms with van der Waals surface area (Å²) in [7, 11) is 0. The predicted octanol–water partition coefficient (Wildman–Crippen LogP) is 4.12. The first-order valence-corrected chi connectivity index (χ1v) is 7.26. The highest BCUT2D eigenvalue weighted by Crippen LogP contribution is 2.34. The molecule has 2 nitrogen and oxygen atoms in total. The molecule has 1 fully saturated rings. The average molecular weight is 267 g/mol. The smallest absolute Gasteiger partial charge is 0.128 e. The van der Waals surface area contributed by atoms with Gasteiger partial charge in [0.05, 0.1) is 19.3 Å². The van der Waals surface area contributed by atoms with Crippen molar-refractivity contribution in [2.75, 3.05) is 6.61 Å². The summed E-state index contributed by atoms with van der Waals surface area (Å²) < 4.78 is 11.7. The Morgan fingerprint density at radius 2 is 2.06 bits per heavy atom. The van der Waals surface area contributed by atoms with Gasteiger partial charge < -0.3 is 9.47 Å².